The lowest BCUT2D eigenvalue weighted by molar-refractivity contribution is -0.300. The van der Waals surface area contributed by atoms with Crippen molar-refractivity contribution >= 4 is 5.97 Å². The van der Waals surface area contributed by atoms with Crippen molar-refractivity contribution in [3.63, 3.8) is 0 Å². The smallest absolute Gasteiger partial charge is 0.410 e. The first-order valence-corrected chi connectivity index (χ1v) is 5.84. The number of ether oxygens (including phenoxy) is 1. The van der Waals surface area contributed by atoms with E-state index in [-0.39, 0.29) is 19.8 Å². The first kappa shape index (κ1) is 16.1. The quantitative estimate of drug-likeness (QED) is 0.582. The Balaban J connectivity index is 2.78. The minimum absolute atomic E-state index is 0.274. The molecule has 8 heteroatoms. The van der Waals surface area contributed by atoms with Gasteiger partial charge in [-0.3, -0.25) is 0 Å². The molecular weight excluding hydrogens is 278 g/mol. The van der Waals surface area contributed by atoms with Gasteiger partial charge in [0.2, 0.25) is 0 Å². The third-order valence-corrected chi connectivity index (χ3v) is 3.03. The van der Waals surface area contributed by atoms with E-state index in [0.717, 1.165) is 6.42 Å². The van der Waals surface area contributed by atoms with Gasteiger partial charge in [-0.15, -0.1) is 0 Å². The highest BCUT2D eigenvalue weighted by molar-refractivity contribution is 5.79. The van der Waals surface area contributed by atoms with Gasteiger partial charge in [0.15, 0.2) is 0 Å². The third-order valence-electron chi connectivity index (χ3n) is 3.03. The Hall–Kier alpha value is -0.950. The molecule has 0 spiro atoms. The van der Waals surface area contributed by atoms with Crippen LogP contribution >= 0.6 is 0 Å². The fourth-order valence-electron chi connectivity index (χ4n) is 1.81. The van der Waals surface area contributed by atoms with Crippen molar-refractivity contribution in [1.82, 2.24) is 0 Å². The highest BCUT2D eigenvalue weighted by atomic mass is 19.3. The van der Waals surface area contributed by atoms with Crippen LogP contribution in [0.25, 0.3) is 0 Å². The minimum Gasteiger partial charge on any atom is -0.458 e. The summed E-state index contributed by atoms with van der Waals surface area (Å²) in [5.41, 5.74) is 0. The maximum Gasteiger partial charge on any atom is 0.410 e. The zero-order valence-corrected chi connectivity index (χ0v) is 10.2. The molecule has 1 aliphatic rings. The van der Waals surface area contributed by atoms with E-state index in [2.05, 4.69) is 4.74 Å². The van der Waals surface area contributed by atoms with Crippen LogP contribution in [0.3, 0.4) is 0 Å². The van der Waals surface area contributed by atoms with E-state index in [1.807, 2.05) is 0 Å². The minimum atomic E-state index is -5.79. The van der Waals surface area contributed by atoms with Crippen LogP contribution in [0.15, 0.2) is 0 Å². The van der Waals surface area contributed by atoms with Crippen LogP contribution in [0.1, 0.15) is 39.0 Å². The molecule has 1 saturated carbocycles. The molecule has 0 amide bonds. The molecule has 0 bridgehead atoms. The summed E-state index contributed by atoms with van der Waals surface area (Å²) in [6, 6.07) is 0. The molecule has 0 radical (unpaired) electrons. The van der Waals surface area contributed by atoms with Gasteiger partial charge in [-0.1, -0.05) is 6.42 Å². The summed E-state index contributed by atoms with van der Waals surface area (Å²) in [7, 11) is 0. The third kappa shape index (κ3) is 3.14. The van der Waals surface area contributed by atoms with E-state index in [0.29, 0.717) is 12.8 Å². The lowest BCUT2D eigenvalue weighted by Gasteiger charge is -2.31. The number of rotatable bonds is 4. The SMILES string of the molecule is CC(F)(F)C(F)(F)C(F)(F)C(=O)OC1CCCCC1. The van der Waals surface area contributed by atoms with Crippen molar-refractivity contribution in [1.29, 1.82) is 0 Å². The molecule has 1 aliphatic carbocycles. The molecule has 0 saturated heterocycles. The second-order valence-corrected chi connectivity index (χ2v) is 4.70. The number of halogens is 6. The van der Waals surface area contributed by atoms with Crippen LogP contribution in [0.4, 0.5) is 26.3 Å². The highest BCUT2D eigenvalue weighted by Crippen LogP contribution is 2.46. The fraction of sp³-hybridized carbons (Fsp3) is 0.909. The van der Waals surface area contributed by atoms with Crippen molar-refractivity contribution in [2.75, 3.05) is 0 Å². The van der Waals surface area contributed by atoms with E-state index in [1.165, 1.54) is 0 Å². The van der Waals surface area contributed by atoms with Gasteiger partial charge < -0.3 is 4.74 Å². The molecule has 0 N–H and O–H groups in total. The molecule has 19 heavy (non-hydrogen) atoms. The van der Waals surface area contributed by atoms with Crippen molar-refractivity contribution in [2.45, 2.75) is 62.9 Å². The standard InChI is InChI=1S/C11H14F6O2/c1-9(12,13)11(16,17)10(14,15)8(18)19-7-5-3-2-4-6-7/h7H,2-6H2,1H3. The largest absolute Gasteiger partial charge is 0.458 e. The zero-order valence-electron chi connectivity index (χ0n) is 10.2. The molecular formula is C11H14F6O2. The molecule has 0 heterocycles. The monoisotopic (exact) mass is 292 g/mol. The summed E-state index contributed by atoms with van der Waals surface area (Å²) in [6.07, 6.45) is 1.70. The lowest BCUT2D eigenvalue weighted by Crippen LogP contribution is -2.57. The molecule has 0 aliphatic heterocycles. The Morgan fingerprint density at radius 3 is 1.89 bits per heavy atom. The highest BCUT2D eigenvalue weighted by Gasteiger charge is 2.74. The van der Waals surface area contributed by atoms with Crippen molar-refractivity contribution in [2.24, 2.45) is 0 Å². The number of carbonyl (C=O) groups is 1. The fourth-order valence-corrected chi connectivity index (χ4v) is 1.81. The number of esters is 1. The first-order chi connectivity index (χ1) is 8.50. The van der Waals surface area contributed by atoms with Crippen LogP contribution in [0, 0.1) is 0 Å². The molecule has 1 rings (SSSR count). The molecule has 0 aromatic carbocycles. The molecule has 0 aromatic heterocycles. The van der Waals surface area contributed by atoms with Gasteiger partial charge in [-0.25, -0.2) is 4.79 Å². The summed E-state index contributed by atoms with van der Waals surface area (Å²) < 4.78 is 81.3. The Labute approximate surface area is 106 Å². The van der Waals surface area contributed by atoms with Crippen molar-refractivity contribution < 1.29 is 35.9 Å². The van der Waals surface area contributed by atoms with E-state index in [4.69, 9.17) is 0 Å². The van der Waals surface area contributed by atoms with Gasteiger partial charge in [-0.2, -0.15) is 26.3 Å². The number of hydrogen-bond donors (Lipinski definition) is 0. The van der Waals surface area contributed by atoms with Crippen LogP contribution in [0.2, 0.25) is 0 Å². The zero-order chi connectivity index (χ0) is 14.9. The number of alkyl halides is 6. The van der Waals surface area contributed by atoms with Crippen LogP contribution in [-0.4, -0.2) is 29.8 Å². The Kier molecular flexibility index (Phi) is 4.41. The van der Waals surface area contributed by atoms with E-state index >= 15 is 0 Å². The van der Waals surface area contributed by atoms with Crippen LogP contribution in [0.5, 0.6) is 0 Å². The summed E-state index contributed by atoms with van der Waals surface area (Å²) in [4.78, 5) is 11.0. The normalized spacial score (nSPS) is 19.3. The average Bonchev–Trinajstić information content (AvgIpc) is 2.28. The topological polar surface area (TPSA) is 26.3 Å². The van der Waals surface area contributed by atoms with Gasteiger partial charge in [0.05, 0.1) is 0 Å². The summed E-state index contributed by atoms with van der Waals surface area (Å²) >= 11 is 0. The van der Waals surface area contributed by atoms with E-state index in [1.54, 1.807) is 0 Å². The maximum atomic E-state index is 13.1. The van der Waals surface area contributed by atoms with Crippen LogP contribution < -0.4 is 0 Å². The first-order valence-electron chi connectivity index (χ1n) is 5.84. The summed E-state index contributed by atoms with van der Waals surface area (Å²) in [6.45, 7) is -0.366. The number of hydrogen-bond acceptors (Lipinski definition) is 2. The molecule has 2 nitrogen and oxygen atoms in total. The predicted octanol–water partition coefficient (Wildman–Crippen LogP) is 3.79. The Morgan fingerprint density at radius 2 is 1.47 bits per heavy atom. The summed E-state index contributed by atoms with van der Waals surface area (Å²) in [5.74, 6) is -19.0. The molecule has 0 unspecified atom stereocenters. The predicted molar refractivity (Wildman–Crippen MR) is 53.5 cm³/mol. The Bertz CT molecular complexity index is 331. The lowest BCUT2D eigenvalue weighted by atomic mass is 9.97. The second kappa shape index (κ2) is 5.20. The second-order valence-electron chi connectivity index (χ2n) is 4.70. The molecule has 112 valence electrons. The van der Waals surface area contributed by atoms with Crippen molar-refractivity contribution in [3.05, 3.63) is 0 Å². The molecule has 1 fully saturated rings. The molecule has 0 aromatic rings. The van der Waals surface area contributed by atoms with E-state index < -0.39 is 29.8 Å². The Morgan fingerprint density at radius 1 is 1.00 bits per heavy atom. The van der Waals surface area contributed by atoms with E-state index in [9.17, 15) is 31.1 Å². The molecule has 0 atom stereocenters. The van der Waals surface area contributed by atoms with Crippen LogP contribution in [-0.2, 0) is 9.53 Å². The van der Waals surface area contributed by atoms with Gasteiger partial charge in [0.1, 0.15) is 6.10 Å². The van der Waals surface area contributed by atoms with Gasteiger partial charge in [0, 0.05) is 6.92 Å². The van der Waals surface area contributed by atoms with Gasteiger partial charge in [0.25, 0.3) is 0 Å². The maximum absolute atomic E-state index is 13.1. The van der Waals surface area contributed by atoms with Gasteiger partial charge in [-0.05, 0) is 25.7 Å². The number of carbonyl (C=O) groups excluding carboxylic acids is 1. The average molecular weight is 292 g/mol. The van der Waals surface area contributed by atoms with Crippen molar-refractivity contribution in [3.8, 4) is 0 Å². The summed E-state index contributed by atoms with van der Waals surface area (Å²) in [5, 5.41) is 0. The van der Waals surface area contributed by atoms with Gasteiger partial charge >= 0.3 is 23.7 Å².